The summed E-state index contributed by atoms with van der Waals surface area (Å²) in [6.45, 7) is 3.40. The van der Waals surface area contributed by atoms with Gasteiger partial charge in [0.05, 0.1) is 23.0 Å². The van der Waals surface area contributed by atoms with Gasteiger partial charge in [-0.3, -0.25) is 9.63 Å². The minimum absolute atomic E-state index is 0.0148. The number of nitrogens with one attached hydrogen (secondary N) is 1. The minimum Gasteiger partial charge on any atom is -0.326 e. The summed E-state index contributed by atoms with van der Waals surface area (Å²) in [6, 6.07) is 9.55. The van der Waals surface area contributed by atoms with Crippen LogP contribution in [0.25, 0.3) is 28.1 Å². The Morgan fingerprint density at radius 2 is 1.90 bits per heavy atom. The van der Waals surface area contributed by atoms with Crippen LogP contribution >= 0.6 is 0 Å². The van der Waals surface area contributed by atoms with Crippen molar-refractivity contribution in [2.75, 3.05) is 5.75 Å². The molecule has 0 aliphatic rings. The highest BCUT2D eigenvalue weighted by Gasteiger charge is 2.34. The summed E-state index contributed by atoms with van der Waals surface area (Å²) >= 11 is 0. The van der Waals surface area contributed by atoms with Gasteiger partial charge in [-0.15, -0.1) is 0 Å². The lowest BCUT2D eigenvalue weighted by Gasteiger charge is -2.09. The number of sulfone groups is 1. The Morgan fingerprint density at radius 1 is 1.15 bits per heavy atom. The number of imidazole rings is 1. The van der Waals surface area contributed by atoms with Crippen LogP contribution in [-0.2, 0) is 34.5 Å². The van der Waals surface area contributed by atoms with Crippen molar-refractivity contribution in [3.05, 3.63) is 71.3 Å². The summed E-state index contributed by atoms with van der Waals surface area (Å²) in [5.74, 6) is -1.08. The Balaban J connectivity index is 1.61. The molecule has 0 aliphatic carbocycles. The fourth-order valence-electron chi connectivity index (χ4n) is 4.12. The van der Waals surface area contributed by atoms with Gasteiger partial charge in [0.15, 0.2) is 20.5 Å². The fourth-order valence-corrected chi connectivity index (χ4v) is 5.09. The van der Waals surface area contributed by atoms with Crippen molar-refractivity contribution in [3.8, 4) is 11.4 Å². The molecule has 1 aromatic carbocycles. The molecule has 208 valence electrons. The molecule has 0 saturated heterocycles. The molecule has 11 nitrogen and oxygen atoms in total. The van der Waals surface area contributed by atoms with E-state index in [9.17, 15) is 26.4 Å². The lowest BCUT2D eigenvalue weighted by Crippen LogP contribution is -2.26. The minimum atomic E-state index is -4.70. The van der Waals surface area contributed by atoms with E-state index in [1.807, 2.05) is 31.2 Å². The van der Waals surface area contributed by atoms with E-state index in [0.29, 0.717) is 0 Å². The van der Waals surface area contributed by atoms with E-state index in [0.717, 1.165) is 27.9 Å². The second-order valence-corrected chi connectivity index (χ2v) is 11.0. The maximum Gasteiger partial charge on any atom is 0.433 e. The van der Waals surface area contributed by atoms with Crippen LogP contribution in [0, 0.1) is 6.92 Å². The van der Waals surface area contributed by atoms with E-state index in [2.05, 4.69) is 25.5 Å². The summed E-state index contributed by atoms with van der Waals surface area (Å²) in [7, 11) is -2.51. The number of carbonyl (C=O) groups is 1. The van der Waals surface area contributed by atoms with Crippen molar-refractivity contribution in [2.45, 2.75) is 31.7 Å². The molecule has 1 amide bonds. The number of rotatable bonds is 7. The molecule has 0 unspecified atom stereocenters. The van der Waals surface area contributed by atoms with Crippen LogP contribution in [0.2, 0.25) is 0 Å². The van der Waals surface area contributed by atoms with Gasteiger partial charge in [0, 0.05) is 13.2 Å². The van der Waals surface area contributed by atoms with E-state index in [4.69, 9.17) is 4.84 Å². The Labute approximate surface area is 225 Å². The summed E-state index contributed by atoms with van der Waals surface area (Å²) in [4.78, 5) is 30.4. The van der Waals surface area contributed by atoms with Crippen molar-refractivity contribution in [1.82, 2.24) is 34.6 Å². The van der Waals surface area contributed by atoms with Gasteiger partial charge in [-0.1, -0.05) is 31.2 Å². The van der Waals surface area contributed by atoms with Crippen LogP contribution in [0.15, 0.2) is 53.8 Å². The second-order valence-electron chi connectivity index (χ2n) is 8.85. The smallest absolute Gasteiger partial charge is 0.326 e. The highest BCUT2D eigenvalue weighted by molar-refractivity contribution is 7.91. The summed E-state index contributed by atoms with van der Waals surface area (Å²) in [5.41, 5.74) is 2.97. The van der Waals surface area contributed by atoms with E-state index in [1.54, 1.807) is 0 Å². The Hall–Kier alpha value is -4.37. The van der Waals surface area contributed by atoms with Gasteiger partial charge < -0.3 is 4.57 Å². The number of alkyl halides is 3. The van der Waals surface area contributed by atoms with Crippen LogP contribution in [0.5, 0.6) is 0 Å². The SMILES string of the molecule is CCS(=O)(=O)c1nn2c(C(=O)NOCc3ccccc3C)ccnc2c1-c1nc2cc(C(F)(F)F)ncc2n1C. The number of halogens is 3. The van der Waals surface area contributed by atoms with Gasteiger partial charge in [-0.05, 0) is 30.2 Å². The van der Waals surface area contributed by atoms with Gasteiger partial charge in [0.1, 0.15) is 29.4 Å². The van der Waals surface area contributed by atoms with E-state index < -0.39 is 32.6 Å². The molecule has 0 radical (unpaired) electrons. The van der Waals surface area contributed by atoms with Crippen LogP contribution in [0.3, 0.4) is 0 Å². The van der Waals surface area contributed by atoms with Gasteiger partial charge in [-0.2, -0.15) is 18.3 Å². The number of hydrogen-bond donors (Lipinski definition) is 1. The van der Waals surface area contributed by atoms with Crippen molar-refractivity contribution in [2.24, 2.45) is 7.05 Å². The molecule has 4 aromatic heterocycles. The van der Waals surface area contributed by atoms with Crippen molar-refractivity contribution >= 4 is 32.4 Å². The molecule has 0 bridgehead atoms. The number of benzene rings is 1. The topological polar surface area (TPSA) is 133 Å². The van der Waals surface area contributed by atoms with Crippen molar-refractivity contribution < 1.29 is 31.2 Å². The molecule has 1 N–H and O–H groups in total. The highest BCUT2D eigenvalue weighted by atomic mass is 32.2. The maximum atomic E-state index is 13.2. The lowest BCUT2D eigenvalue weighted by molar-refractivity contribution is -0.141. The zero-order valence-electron chi connectivity index (χ0n) is 21.4. The largest absolute Gasteiger partial charge is 0.433 e. The predicted molar refractivity (Wildman–Crippen MR) is 137 cm³/mol. The van der Waals surface area contributed by atoms with Crippen molar-refractivity contribution in [3.63, 3.8) is 0 Å². The Kier molecular flexibility index (Phi) is 6.79. The molecule has 0 atom stereocenters. The third-order valence-corrected chi connectivity index (χ3v) is 7.96. The quantitative estimate of drug-likeness (QED) is 0.292. The average molecular weight is 574 g/mol. The highest BCUT2D eigenvalue weighted by Crippen LogP contribution is 2.34. The van der Waals surface area contributed by atoms with Crippen molar-refractivity contribution in [1.29, 1.82) is 0 Å². The number of hydrogen-bond acceptors (Lipinski definition) is 8. The zero-order valence-corrected chi connectivity index (χ0v) is 22.2. The molecule has 5 rings (SSSR count). The Bertz CT molecular complexity index is 1880. The first-order chi connectivity index (χ1) is 18.9. The molecular formula is C25H22F3N7O4S. The standard InChI is InChI=1S/C25H22F3N7O4S/c1-4-40(37,38)24-20(22-31-16-11-19(25(26,27)28)30-12-18(16)34(22)3)21-29-10-9-17(35(21)32-24)23(36)33-39-13-15-8-6-5-7-14(15)2/h5-12H,4,13H2,1-3H3,(H,33,36). The van der Waals surface area contributed by atoms with Gasteiger partial charge in [-0.25, -0.2) is 33.4 Å². The van der Waals surface area contributed by atoms with Crippen LogP contribution < -0.4 is 5.48 Å². The maximum absolute atomic E-state index is 13.2. The van der Waals surface area contributed by atoms with Crippen LogP contribution in [0.1, 0.15) is 34.2 Å². The molecule has 40 heavy (non-hydrogen) atoms. The molecule has 15 heteroatoms. The number of amides is 1. The molecule has 0 spiro atoms. The van der Waals surface area contributed by atoms with Gasteiger partial charge in [0.2, 0.25) is 0 Å². The first-order valence-electron chi connectivity index (χ1n) is 11.9. The predicted octanol–water partition coefficient (Wildman–Crippen LogP) is 3.66. The molecule has 0 aliphatic heterocycles. The summed E-state index contributed by atoms with van der Waals surface area (Å²) in [5, 5.41) is 3.78. The lowest BCUT2D eigenvalue weighted by atomic mass is 10.1. The van der Waals surface area contributed by atoms with Crippen LogP contribution in [-0.4, -0.2) is 49.2 Å². The Morgan fingerprint density at radius 3 is 2.60 bits per heavy atom. The molecule has 0 saturated carbocycles. The second kappa shape index (κ2) is 9.98. The number of nitrogens with zero attached hydrogens (tertiary/aromatic N) is 6. The number of fused-ring (bicyclic) bond motifs is 2. The summed E-state index contributed by atoms with van der Waals surface area (Å²) < 4.78 is 68.4. The van der Waals surface area contributed by atoms with E-state index in [1.165, 1.54) is 30.8 Å². The number of aromatic nitrogens is 6. The van der Waals surface area contributed by atoms with E-state index >= 15 is 0 Å². The normalized spacial score (nSPS) is 12.3. The summed E-state index contributed by atoms with van der Waals surface area (Å²) in [6.07, 6.45) is -2.41. The third-order valence-electron chi connectivity index (χ3n) is 6.33. The molecule has 4 heterocycles. The first kappa shape index (κ1) is 27.2. The molecular weight excluding hydrogens is 551 g/mol. The first-order valence-corrected chi connectivity index (χ1v) is 13.5. The zero-order chi connectivity index (χ0) is 28.8. The number of aryl methyl sites for hydroxylation is 2. The van der Waals surface area contributed by atoms with Crippen LogP contribution in [0.4, 0.5) is 13.2 Å². The molecule has 0 fully saturated rings. The third kappa shape index (κ3) is 4.77. The number of hydroxylamine groups is 1. The van der Waals surface area contributed by atoms with Gasteiger partial charge in [0.25, 0.3) is 5.91 Å². The average Bonchev–Trinajstić information content (AvgIpc) is 3.47. The molecule has 5 aromatic rings. The fraction of sp³-hybridized carbons (Fsp3) is 0.240. The number of carbonyl (C=O) groups excluding carboxylic acids is 1. The van der Waals surface area contributed by atoms with Gasteiger partial charge >= 0.3 is 6.18 Å². The monoisotopic (exact) mass is 573 g/mol. The number of pyridine rings is 1. The van der Waals surface area contributed by atoms with E-state index in [-0.39, 0.29) is 46.1 Å².